The third-order valence-corrected chi connectivity index (χ3v) is 28.8. The van der Waals surface area contributed by atoms with Gasteiger partial charge in [0.15, 0.2) is 11.8 Å². The second-order valence-corrected chi connectivity index (χ2v) is 37.4. The highest BCUT2D eigenvalue weighted by Gasteiger charge is 2.86. The van der Waals surface area contributed by atoms with Gasteiger partial charge in [0.05, 0.1) is 30.7 Å². The van der Waals surface area contributed by atoms with Gasteiger partial charge in [-0.25, -0.2) is 19.7 Å². The minimum atomic E-state index is -1.55. The molecular weight excluding hydrogens is 1450 g/mol. The first-order valence-corrected chi connectivity index (χ1v) is 41.1. The van der Waals surface area contributed by atoms with Gasteiger partial charge in [-0.2, -0.15) is 0 Å². The average Bonchev–Trinajstić information content (AvgIpc) is 1.46. The number of primary amides is 2. The summed E-state index contributed by atoms with van der Waals surface area (Å²) in [6.45, 7) is 20.9. The molecule has 2 saturated heterocycles. The molecule has 4 spiro atoms. The fraction of sp³-hybridized carbons (Fsp3) is 0.711. The van der Waals surface area contributed by atoms with Gasteiger partial charge in [-0.1, -0.05) is 159 Å². The van der Waals surface area contributed by atoms with Crippen molar-refractivity contribution >= 4 is 70.8 Å². The van der Waals surface area contributed by atoms with Crippen LogP contribution in [0.2, 0.25) is 0 Å². The van der Waals surface area contributed by atoms with E-state index in [4.69, 9.17) is 16.6 Å². The average molecular weight is 1570 g/mol. The van der Waals surface area contributed by atoms with Gasteiger partial charge >= 0.3 is 5.97 Å². The monoisotopic (exact) mass is 1560 g/mol. The smallest absolute Gasteiger partial charge is 0.356 e. The van der Waals surface area contributed by atoms with Crippen LogP contribution in [0.25, 0.3) is 0 Å². The number of aromatic nitrogens is 6. The van der Waals surface area contributed by atoms with Crippen molar-refractivity contribution in [1.82, 2.24) is 71.6 Å². The van der Waals surface area contributed by atoms with Crippen LogP contribution in [0.4, 0.5) is 0 Å². The normalized spacial score (nSPS) is 25.6. The number of aliphatic hydroxyl groups excluding tert-OH is 1. The SMILES string of the molecule is CC(C)(C)[C@H](NC(=O)[C@@H](NC(=O)c1cnccn1)C1CCCCC1)C(=O)N1C[C@]2(C[C@H]1C(=O)NC(CC1CCC1)C(=O)C(N)=O)C(C)(C)C21CCC1.CC(C)(C)[C@H](NC(=O)[C@@H](NC(=O)c1cnccn1)C1CCCCC1)C(=O)N1C[C@]2(C[C@H]1C(=O)NC(CC1CCC1)C(O)C(N)=O)C(C)(C)C21CCC1.O=C(O)c1cnccn1. The van der Waals surface area contributed by atoms with Crippen molar-refractivity contribution in [3.63, 3.8) is 0 Å². The van der Waals surface area contributed by atoms with Gasteiger partial charge in [-0.3, -0.25) is 67.7 Å². The highest BCUT2D eigenvalue weighted by molar-refractivity contribution is 6.38. The van der Waals surface area contributed by atoms with Gasteiger partial charge in [0.25, 0.3) is 17.7 Å². The number of nitrogens with zero attached hydrogens (tertiary/aromatic N) is 8. The molecule has 30 heteroatoms. The standard InChI is InChI=1S/C39H59N7O6.C39H57N7O6.C5H4N2O2/c2*1-36(2,3)30(45-34(51)28(24-13-7-6-8-14-24)44-32(49)26-21-41-17-18-42-26)35(52)46-22-39(37(4,5)38(39)15-10-16-38)20-27(46)33(50)43-25(29(47)31(40)48)19-23-11-9-12-23;8-5(9)4-3-6-1-2-7-4/h17-18,21,23-25,27-30,47H,6-16,19-20,22H2,1-5H3,(H2,40,48)(H,43,50)(H,44,49)(H,45,51);17-18,21,23-25,27-28,30H,6-16,19-20,22H2,1-5H3,(H2,40,48)(H,43,50)(H,44,49)(H,45,51);1-3H,(H,8,9)/t25?,27-,28-,29?,30+,39+;25?,27-,28-,30+,39+;/m00./s1. The van der Waals surface area contributed by atoms with E-state index in [1.54, 1.807) is 9.80 Å². The number of aliphatic hydroxyl groups is 1. The van der Waals surface area contributed by atoms with Crippen molar-refractivity contribution in [2.45, 2.75) is 291 Å². The molecule has 12 N–H and O–H groups in total. The maximum atomic E-state index is 15.0. The molecule has 30 nitrogen and oxygen atoms in total. The molecule has 10 fully saturated rings. The molecule has 0 radical (unpaired) electrons. The summed E-state index contributed by atoms with van der Waals surface area (Å²) in [5, 5.41) is 36.8. The fourth-order valence-corrected chi connectivity index (χ4v) is 21.2. The zero-order valence-electron chi connectivity index (χ0n) is 67.5. The van der Waals surface area contributed by atoms with Crippen LogP contribution in [0.3, 0.4) is 0 Å². The van der Waals surface area contributed by atoms with Crippen LogP contribution in [-0.2, 0) is 43.2 Å². The Labute approximate surface area is 662 Å². The Bertz CT molecular complexity index is 4010. The molecule has 13 rings (SSSR count). The molecule has 8 aliphatic carbocycles. The van der Waals surface area contributed by atoms with Gasteiger partial charge < -0.3 is 63.4 Å². The maximum Gasteiger partial charge on any atom is 0.356 e. The minimum absolute atomic E-state index is 0.0130. The number of carbonyl (C=O) groups is 12. The van der Waals surface area contributed by atoms with Crippen molar-refractivity contribution in [2.24, 2.45) is 78.5 Å². The third-order valence-electron chi connectivity index (χ3n) is 28.8. The number of aromatic carboxylic acids is 1. The number of nitrogens with two attached hydrogens (primary N) is 2. The fourth-order valence-electron chi connectivity index (χ4n) is 21.2. The summed E-state index contributed by atoms with van der Waals surface area (Å²) in [7, 11) is 0. The summed E-state index contributed by atoms with van der Waals surface area (Å²) in [6.07, 6.45) is 33.6. The molecule has 8 saturated carbocycles. The molecule has 3 unspecified atom stereocenters. The number of ketones is 1. The summed E-state index contributed by atoms with van der Waals surface area (Å²) < 4.78 is 0. The van der Waals surface area contributed by atoms with E-state index in [0.29, 0.717) is 38.8 Å². The lowest BCUT2D eigenvalue weighted by Gasteiger charge is -2.38. The van der Waals surface area contributed by atoms with Crippen molar-refractivity contribution in [1.29, 1.82) is 0 Å². The van der Waals surface area contributed by atoms with Crippen LogP contribution >= 0.6 is 0 Å². The Morgan fingerprint density at radius 1 is 0.478 bits per heavy atom. The van der Waals surface area contributed by atoms with Crippen LogP contribution < -0.4 is 43.4 Å². The van der Waals surface area contributed by atoms with Crippen molar-refractivity contribution < 1.29 is 67.7 Å². The number of carboxylic acid groups (broad SMARTS) is 1. The number of carbonyl (C=O) groups excluding carboxylic acids is 11. The number of carboxylic acids is 1. The lowest BCUT2D eigenvalue weighted by atomic mass is 9.73. The largest absolute Gasteiger partial charge is 0.476 e. The van der Waals surface area contributed by atoms with E-state index in [1.807, 2.05) is 41.5 Å². The number of hydrogen-bond donors (Lipinski definition) is 10. The van der Waals surface area contributed by atoms with Gasteiger partial charge in [0.2, 0.25) is 47.1 Å². The Morgan fingerprint density at radius 3 is 1.16 bits per heavy atom. The van der Waals surface area contributed by atoms with Crippen LogP contribution in [0.5, 0.6) is 0 Å². The van der Waals surface area contributed by atoms with Crippen LogP contribution in [0.1, 0.15) is 268 Å². The van der Waals surface area contributed by atoms with Crippen LogP contribution in [0.15, 0.2) is 55.8 Å². The minimum Gasteiger partial charge on any atom is -0.476 e. The van der Waals surface area contributed by atoms with Gasteiger partial charge in [0.1, 0.15) is 47.6 Å². The predicted octanol–water partition coefficient (Wildman–Crippen LogP) is 6.39. The van der Waals surface area contributed by atoms with Gasteiger partial charge in [-0.05, 0) is 133 Å². The van der Waals surface area contributed by atoms with Gasteiger partial charge in [0, 0.05) is 61.1 Å². The van der Waals surface area contributed by atoms with Crippen LogP contribution in [0, 0.1) is 67.0 Å². The van der Waals surface area contributed by atoms with E-state index < -0.39 is 124 Å². The van der Waals surface area contributed by atoms with E-state index >= 15 is 0 Å². The first-order chi connectivity index (χ1) is 53.4. The zero-order valence-corrected chi connectivity index (χ0v) is 67.5. The molecule has 2 aliphatic heterocycles. The number of fused-ring (bicyclic) bond motifs is 2. The Balaban J connectivity index is 0.000000200. The molecule has 0 aromatic carbocycles. The van der Waals surface area contributed by atoms with E-state index in [2.05, 4.69) is 89.5 Å². The van der Waals surface area contributed by atoms with E-state index in [9.17, 15) is 62.6 Å². The summed E-state index contributed by atoms with van der Waals surface area (Å²) >= 11 is 0. The topological polar surface area (TPSA) is 453 Å². The number of rotatable bonds is 25. The molecule has 5 heterocycles. The number of amides is 10. The molecular formula is C83H120N16O14. The van der Waals surface area contributed by atoms with E-state index in [-0.39, 0.29) is 85.1 Å². The Kier molecular flexibility index (Phi) is 25.4. The Hall–Kier alpha value is -8.96. The second-order valence-electron chi connectivity index (χ2n) is 37.4. The quantitative estimate of drug-likeness (QED) is 0.0410. The molecule has 10 aliphatic rings. The number of nitrogens with one attached hydrogen (secondary N) is 6. The second kappa shape index (κ2) is 33.8. The first kappa shape index (κ1) is 84.9. The number of hydrogen-bond acceptors (Lipinski definition) is 19. The zero-order chi connectivity index (χ0) is 82.0. The lowest BCUT2D eigenvalue weighted by Crippen LogP contribution is -2.62. The molecule has 10 amide bonds. The van der Waals surface area contributed by atoms with Gasteiger partial charge in [-0.15, -0.1) is 0 Å². The lowest BCUT2D eigenvalue weighted by molar-refractivity contribution is -0.145. The van der Waals surface area contributed by atoms with Crippen molar-refractivity contribution in [3.05, 3.63) is 72.9 Å². The third kappa shape index (κ3) is 17.0. The molecule has 0 bridgehead atoms. The summed E-state index contributed by atoms with van der Waals surface area (Å²) in [6, 6.07) is -7.49. The number of likely N-dealkylation sites (tertiary alicyclic amines) is 2. The van der Waals surface area contributed by atoms with E-state index in [1.165, 1.54) is 55.8 Å². The molecule has 3 aromatic rings. The molecule has 11 atom stereocenters. The van der Waals surface area contributed by atoms with Crippen molar-refractivity contribution in [2.75, 3.05) is 13.1 Å². The molecule has 3 aromatic heterocycles. The summed E-state index contributed by atoms with van der Waals surface area (Å²) in [4.78, 5) is 188. The molecule has 616 valence electrons. The molecule has 113 heavy (non-hydrogen) atoms. The Morgan fingerprint density at radius 2 is 0.858 bits per heavy atom. The maximum absolute atomic E-state index is 15.0. The highest BCUT2D eigenvalue weighted by atomic mass is 16.4. The highest BCUT2D eigenvalue weighted by Crippen LogP contribution is 2.89. The van der Waals surface area contributed by atoms with E-state index in [0.717, 1.165) is 141 Å². The summed E-state index contributed by atoms with van der Waals surface area (Å²) in [5.74, 6) is -7.17. The predicted molar refractivity (Wildman–Crippen MR) is 414 cm³/mol. The van der Waals surface area contributed by atoms with Crippen LogP contribution in [-0.4, -0.2) is 188 Å². The first-order valence-electron chi connectivity index (χ1n) is 41.1. The van der Waals surface area contributed by atoms with Crippen molar-refractivity contribution in [3.8, 4) is 0 Å². The summed E-state index contributed by atoms with van der Waals surface area (Å²) in [5.41, 5.74) is 8.86. The number of Topliss-reactive ketones (excluding diaryl/α,β-unsaturated/α-hetero) is 1.